The van der Waals surface area contributed by atoms with Gasteiger partial charge in [0.2, 0.25) is 0 Å². The van der Waals surface area contributed by atoms with Gasteiger partial charge in [0.1, 0.15) is 11.6 Å². The molecule has 0 unspecified atom stereocenters. The van der Waals surface area contributed by atoms with E-state index in [4.69, 9.17) is 10.5 Å². The highest BCUT2D eigenvalue weighted by Gasteiger charge is 2.04. The molecular formula is C13H13FN2O. The van der Waals surface area contributed by atoms with E-state index in [2.05, 4.69) is 5.32 Å². The Labute approximate surface area is 99.0 Å². The first-order valence-corrected chi connectivity index (χ1v) is 5.15. The zero-order chi connectivity index (χ0) is 12.3. The second kappa shape index (κ2) is 4.74. The Balaban J connectivity index is 2.28. The van der Waals surface area contributed by atoms with Gasteiger partial charge in [-0.25, -0.2) is 4.39 Å². The first kappa shape index (κ1) is 11.3. The van der Waals surface area contributed by atoms with Crippen LogP contribution >= 0.6 is 0 Å². The van der Waals surface area contributed by atoms with E-state index in [9.17, 15) is 4.39 Å². The highest BCUT2D eigenvalue weighted by Crippen LogP contribution is 2.28. The molecule has 0 bridgehead atoms. The number of rotatable bonds is 3. The molecule has 17 heavy (non-hydrogen) atoms. The van der Waals surface area contributed by atoms with Gasteiger partial charge in [0, 0.05) is 17.4 Å². The summed E-state index contributed by atoms with van der Waals surface area (Å²) in [7, 11) is 1.54. The summed E-state index contributed by atoms with van der Waals surface area (Å²) in [5, 5.41) is 3.07. The molecule has 0 aliphatic rings. The van der Waals surface area contributed by atoms with Crippen LogP contribution in [0, 0.1) is 5.82 Å². The number of hydrogen-bond acceptors (Lipinski definition) is 3. The molecule has 3 nitrogen and oxygen atoms in total. The van der Waals surface area contributed by atoms with Crippen molar-refractivity contribution in [2.24, 2.45) is 0 Å². The number of hydrogen-bond donors (Lipinski definition) is 2. The molecule has 0 amide bonds. The van der Waals surface area contributed by atoms with E-state index >= 15 is 0 Å². The maximum atomic E-state index is 13.1. The van der Waals surface area contributed by atoms with Crippen LogP contribution in [0.25, 0.3) is 0 Å². The molecule has 0 fully saturated rings. The Morgan fingerprint density at radius 2 is 1.82 bits per heavy atom. The van der Waals surface area contributed by atoms with Crippen LogP contribution in [0.5, 0.6) is 5.75 Å². The molecule has 0 aliphatic heterocycles. The van der Waals surface area contributed by atoms with Crippen molar-refractivity contribution in [3.63, 3.8) is 0 Å². The van der Waals surface area contributed by atoms with E-state index in [0.29, 0.717) is 17.1 Å². The Kier molecular flexibility index (Phi) is 3.14. The normalized spacial score (nSPS) is 10.0. The maximum absolute atomic E-state index is 13.1. The van der Waals surface area contributed by atoms with Crippen molar-refractivity contribution < 1.29 is 9.13 Å². The van der Waals surface area contributed by atoms with E-state index in [0.717, 1.165) is 5.69 Å². The zero-order valence-corrected chi connectivity index (χ0v) is 9.41. The smallest absolute Gasteiger partial charge is 0.142 e. The molecular weight excluding hydrogens is 219 g/mol. The third kappa shape index (κ3) is 2.66. The minimum Gasteiger partial charge on any atom is -0.495 e. The second-order valence-electron chi connectivity index (χ2n) is 3.59. The predicted octanol–water partition coefficient (Wildman–Crippen LogP) is 3.16. The van der Waals surface area contributed by atoms with E-state index in [1.807, 2.05) is 12.1 Å². The third-order valence-electron chi connectivity index (χ3n) is 2.35. The number of methoxy groups -OCH3 is 1. The van der Waals surface area contributed by atoms with E-state index in [1.165, 1.54) is 12.1 Å². The largest absolute Gasteiger partial charge is 0.495 e. The van der Waals surface area contributed by atoms with E-state index < -0.39 is 0 Å². The summed E-state index contributed by atoms with van der Waals surface area (Å²) in [5.74, 6) is 0.270. The summed E-state index contributed by atoms with van der Waals surface area (Å²) in [4.78, 5) is 0. The Morgan fingerprint density at radius 3 is 2.47 bits per heavy atom. The lowest BCUT2D eigenvalue weighted by Gasteiger charge is -2.11. The van der Waals surface area contributed by atoms with Crippen molar-refractivity contribution in [2.45, 2.75) is 0 Å². The van der Waals surface area contributed by atoms with Crippen molar-refractivity contribution in [1.29, 1.82) is 0 Å². The van der Waals surface area contributed by atoms with Gasteiger partial charge in [0.25, 0.3) is 0 Å². The van der Waals surface area contributed by atoms with Crippen LogP contribution in [0.1, 0.15) is 0 Å². The molecule has 4 heteroatoms. The van der Waals surface area contributed by atoms with Crippen LogP contribution < -0.4 is 15.8 Å². The lowest BCUT2D eigenvalue weighted by Crippen LogP contribution is -1.95. The fourth-order valence-electron chi connectivity index (χ4n) is 1.50. The molecule has 0 aromatic heterocycles. The minimum absolute atomic E-state index is 0.316. The Bertz CT molecular complexity index is 511. The van der Waals surface area contributed by atoms with Gasteiger partial charge in [-0.05, 0) is 36.4 Å². The van der Waals surface area contributed by atoms with Crippen LogP contribution in [-0.2, 0) is 0 Å². The van der Waals surface area contributed by atoms with Gasteiger partial charge in [0.15, 0.2) is 0 Å². The summed E-state index contributed by atoms with van der Waals surface area (Å²) >= 11 is 0. The fraction of sp³-hybridized carbons (Fsp3) is 0.0769. The van der Waals surface area contributed by atoms with Gasteiger partial charge >= 0.3 is 0 Å². The molecule has 0 radical (unpaired) electrons. The molecule has 0 spiro atoms. The number of nitrogen functional groups attached to an aromatic ring is 1. The lowest BCUT2D eigenvalue weighted by molar-refractivity contribution is 0.416. The number of nitrogens with two attached hydrogens (primary N) is 1. The van der Waals surface area contributed by atoms with Crippen molar-refractivity contribution in [2.75, 3.05) is 18.2 Å². The zero-order valence-electron chi connectivity index (χ0n) is 9.41. The summed E-state index contributed by atoms with van der Waals surface area (Å²) in [6.07, 6.45) is 0. The van der Waals surface area contributed by atoms with Gasteiger partial charge in [0.05, 0.1) is 12.8 Å². The van der Waals surface area contributed by atoms with Crippen molar-refractivity contribution in [3.8, 4) is 5.75 Å². The van der Waals surface area contributed by atoms with Crippen molar-refractivity contribution in [1.82, 2.24) is 0 Å². The molecule has 2 rings (SSSR count). The molecule has 0 aliphatic carbocycles. The Hall–Kier alpha value is -2.23. The van der Waals surface area contributed by atoms with Crippen LogP contribution in [0.2, 0.25) is 0 Å². The fourth-order valence-corrected chi connectivity index (χ4v) is 1.50. The molecule has 3 N–H and O–H groups in total. The SMILES string of the molecule is COc1ccc(F)cc1Nc1ccc(N)cc1. The van der Waals surface area contributed by atoms with E-state index in [-0.39, 0.29) is 5.82 Å². The molecule has 0 heterocycles. The number of anilines is 3. The quantitative estimate of drug-likeness (QED) is 0.799. The second-order valence-corrected chi connectivity index (χ2v) is 3.59. The van der Waals surface area contributed by atoms with Crippen molar-refractivity contribution >= 4 is 17.1 Å². The average molecular weight is 232 g/mol. The van der Waals surface area contributed by atoms with Crippen molar-refractivity contribution in [3.05, 3.63) is 48.3 Å². The van der Waals surface area contributed by atoms with Crippen LogP contribution in [0.15, 0.2) is 42.5 Å². The standard InChI is InChI=1S/C13H13FN2O/c1-17-13-7-2-9(14)8-12(13)16-11-5-3-10(15)4-6-11/h2-8,16H,15H2,1H3. The summed E-state index contributed by atoms with van der Waals surface area (Å²) < 4.78 is 18.3. The van der Waals surface area contributed by atoms with Crippen LogP contribution in [0.3, 0.4) is 0 Å². The number of benzene rings is 2. The molecule has 2 aromatic rings. The first-order chi connectivity index (χ1) is 8.19. The van der Waals surface area contributed by atoms with E-state index in [1.54, 1.807) is 25.3 Å². The summed E-state index contributed by atoms with van der Waals surface area (Å²) in [5.41, 5.74) is 7.67. The lowest BCUT2D eigenvalue weighted by atomic mass is 10.2. The topological polar surface area (TPSA) is 47.3 Å². The van der Waals surface area contributed by atoms with Gasteiger partial charge < -0.3 is 15.8 Å². The van der Waals surface area contributed by atoms with Crippen LogP contribution in [-0.4, -0.2) is 7.11 Å². The average Bonchev–Trinajstić information content (AvgIpc) is 2.32. The molecule has 0 saturated heterocycles. The third-order valence-corrected chi connectivity index (χ3v) is 2.35. The Morgan fingerprint density at radius 1 is 1.12 bits per heavy atom. The highest BCUT2D eigenvalue weighted by molar-refractivity contribution is 5.67. The first-order valence-electron chi connectivity index (χ1n) is 5.15. The van der Waals surface area contributed by atoms with Gasteiger partial charge in [-0.15, -0.1) is 0 Å². The van der Waals surface area contributed by atoms with Crippen LogP contribution in [0.4, 0.5) is 21.5 Å². The molecule has 0 saturated carbocycles. The van der Waals surface area contributed by atoms with Gasteiger partial charge in [-0.1, -0.05) is 0 Å². The molecule has 2 aromatic carbocycles. The van der Waals surface area contributed by atoms with Gasteiger partial charge in [-0.2, -0.15) is 0 Å². The number of ether oxygens (including phenoxy) is 1. The predicted molar refractivity (Wildman–Crippen MR) is 67.1 cm³/mol. The number of nitrogens with one attached hydrogen (secondary N) is 1. The maximum Gasteiger partial charge on any atom is 0.142 e. The van der Waals surface area contributed by atoms with Gasteiger partial charge in [-0.3, -0.25) is 0 Å². The highest BCUT2D eigenvalue weighted by atomic mass is 19.1. The monoisotopic (exact) mass is 232 g/mol. The minimum atomic E-state index is -0.316. The molecule has 0 atom stereocenters. The molecule has 88 valence electrons. The number of halogens is 1. The summed E-state index contributed by atoms with van der Waals surface area (Å²) in [6, 6.07) is 11.5. The summed E-state index contributed by atoms with van der Waals surface area (Å²) in [6.45, 7) is 0.